The molecule has 0 radical (unpaired) electrons. The first-order valence-corrected chi connectivity index (χ1v) is 10.1. The van der Waals surface area contributed by atoms with E-state index in [0.29, 0.717) is 6.42 Å². The lowest BCUT2D eigenvalue weighted by atomic mass is 10.1. The molecule has 0 N–H and O–H groups in total. The van der Waals surface area contributed by atoms with Crippen molar-refractivity contribution in [2.45, 2.75) is 83.5 Å². The molecule has 0 aliphatic rings. The first-order chi connectivity index (χ1) is 12.3. The minimum atomic E-state index is -0.0749. The third kappa shape index (κ3) is 13.4. The zero-order valence-corrected chi connectivity index (χ0v) is 16.1. The largest absolute Gasteiger partial charge is 0.469 e. The normalized spacial score (nSPS) is 11.1. The van der Waals surface area contributed by atoms with Crippen LogP contribution >= 0.6 is 0 Å². The zero-order chi connectivity index (χ0) is 18.0. The molecule has 0 aromatic heterocycles. The third-order valence-electron chi connectivity index (χ3n) is 4.59. The van der Waals surface area contributed by atoms with Gasteiger partial charge in [0.1, 0.15) is 0 Å². The van der Waals surface area contributed by atoms with Gasteiger partial charge in [-0.05, 0) is 37.7 Å². The van der Waals surface area contributed by atoms with Gasteiger partial charge in [-0.15, -0.1) is 0 Å². The Labute approximate surface area is 154 Å². The van der Waals surface area contributed by atoms with Crippen LogP contribution in [-0.2, 0) is 16.0 Å². The number of rotatable bonds is 15. The van der Waals surface area contributed by atoms with Crippen molar-refractivity contribution in [2.75, 3.05) is 7.11 Å². The van der Waals surface area contributed by atoms with Gasteiger partial charge in [0.05, 0.1) is 7.11 Å². The van der Waals surface area contributed by atoms with Gasteiger partial charge in [0.15, 0.2) is 0 Å². The first-order valence-electron chi connectivity index (χ1n) is 10.1. The average Bonchev–Trinajstić information content (AvgIpc) is 2.65. The molecule has 0 saturated heterocycles. The number of aryl methyl sites for hydroxylation is 1. The maximum absolute atomic E-state index is 11.0. The lowest BCUT2D eigenvalue weighted by Gasteiger charge is -2.02. The average molecular weight is 345 g/mol. The summed E-state index contributed by atoms with van der Waals surface area (Å²) in [4.78, 5) is 11.0. The van der Waals surface area contributed by atoms with Crippen molar-refractivity contribution in [3.63, 3.8) is 0 Å². The van der Waals surface area contributed by atoms with E-state index in [4.69, 9.17) is 0 Å². The Morgan fingerprint density at radius 3 is 2.00 bits per heavy atom. The molecular weight excluding hydrogens is 308 g/mol. The molecule has 0 heterocycles. The van der Waals surface area contributed by atoms with Crippen LogP contribution in [0.1, 0.15) is 82.6 Å². The third-order valence-corrected chi connectivity index (χ3v) is 4.59. The van der Waals surface area contributed by atoms with Gasteiger partial charge in [-0.1, -0.05) is 87.4 Å². The number of allylic oxidation sites excluding steroid dienone is 2. The number of carbonyl (C=O) groups is 1. The molecule has 1 aromatic carbocycles. The highest BCUT2D eigenvalue weighted by Crippen LogP contribution is 2.12. The van der Waals surface area contributed by atoms with Crippen molar-refractivity contribution >= 4 is 5.97 Å². The summed E-state index contributed by atoms with van der Waals surface area (Å²) < 4.78 is 4.64. The highest BCUT2D eigenvalue weighted by Gasteiger charge is 1.99. The number of unbranched alkanes of at least 4 members (excludes halogenated alkanes) is 9. The van der Waals surface area contributed by atoms with Crippen LogP contribution in [0.25, 0.3) is 0 Å². The summed E-state index contributed by atoms with van der Waals surface area (Å²) in [7, 11) is 1.46. The van der Waals surface area contributed by atoms with E-state index >= 15 is 0 Å². The molecule has 0 unspecified atom stereocenters. The molecule has 2 heteroatoms. The van der Waals surface area contributed by atoms with Gasteiger partial charge in [0.25, 0.3) is 0 Å². The molecule has 0 atom stereocenters. The Kier molecular flexibility index (Phi) is 13.7. The second-order valence-corrected chi connectivity index (χ2v) is 6.79. The molecule has 0 spiro atoms. The van der Waals surface area contributed by atoms with E-state index in [2.05, 4.69) is 47.2 Å². The van der Waals surface area contributed by atoms with E-state index in [0.717, 1.165) is 25.7 Å². The number of hydrogen-bond donors (Lipinski definition) is 0. The molecular formula is C23H36O2. The number of esters is 1. The second-order valence-electron chi connectivity index (χ2n) is 6.79. The monoisotopic (exact) mass is 344 g/mol. The van der Waals surface area contributed by atoms with Crippen LogP contribution in [-0.4, -0.2) is 13.1 Å². The summed E-state index contributed by atoms with van der Waals surface area (Å²) in [5.74, 6) is -0.0749. The number of hydrogen-bond acceptors (Lipinski definition) is 2. The molecule has 0 aliphatic carbocycles. The van der Waals surface area contributed by atoms with E-state index in [9.17, 15) is 4.79 Å². The van der Waals surface area contributed by atoms with E-state index in [1.807, 2.05) is 0 Å². The summed E-state index contributed by atoms with van der Waals surface area (Å²) in [6, 6.07) is 10.7. The molecule has 0 aliphatic heterocycles. The Morgan fingerprint density at radius 2 is 1.36 bits per heavy atom. The van der Waals surface area contributed by atoms with Gasteiger partial charge >= 0.3 is 5.97 Å². The number of benzene rings is 1. The van der Waals surface area contributed by atoms with Crippen molar-refractivity contribution in [3.05, 3.63) is 48.0 Å². The summed E-state index contributed by atoms with van der Waals surface area (Å²) in [5.41, 5.74) is 1.43. The minimum Gasteiger partial charge on any atom is -0.469 e. The van der Waals surface area contributed by atoms with Crippen LogP contribution in [0, 0.1) is 0 Å². The van der Waals surface area contributed by atoms with Crippen molar-refractivity contribution in [3.8, 4) is 0 Å². The van der Waals surface area contributed by atoms with Gasteiger partial charge in [-0.3, -0.25) is 4.79 Å². The van der Waals surface area contributed by atoms with Crippen molar-refractivity contribution in [1.29, 1.82) is 0 Å². The van der Waals surface area contributed by atoms with Gasteiger partial charge in [0, 0.05) is 6.42 Å². The van der Waals surface area contributed by atoms with Gasteiger partial charge < -0.3 is 4.74 Å². The van der Waals surface area contributed by atoms with E-state index in [-0.39, 0.29) is 5.97 Å². The Morgan fingerprint density at radius 1 is 0.800 bits per heavy atom. The van der Waals surface area contributed by atoms with Crippen molar-refractivity contribution < 1.29 is 9.53 Å². The summed E-state index contributed by atoms with van der Waals surface area (Å²) in [5, 5.41) is 0. The number of ether oxygens (including phenoxy) is 1. The molecule has 0 amide bonds. The predicted molar refractivity (Wildman–Crippen MR) is 107 cm³/mol. The van der Waals surface area contributed by atoms with Crippen LogP contribution in [0.3, 0.4) is 0 Å². The van der Waals surface area contributed by atoms with Crippen LogP contribution in [0.15, 0.2) is 42.5 Å². The molecule has 0 fully saturated rings. The van der Waals surface area contributed by atoms with Crippen LogP contribution in [0.4, 0.5) is 0 Å². The minimum absolute atomic E-state index is 0.0749. The molecule has 0 bridgehead atoms. The van der Waals surface area contributed by atoms with E-state index < -0.39 is 0 Å². The molecule has 1 rings (SSSR count). The van der Waals surface area contributed by atoms with Crippen LogP contribution in [0.2, 0.25) is 0 Å². The number of carbonyl (C=O) groups excluding carboxylic acids is 1. The standard InChI is InChI=1S/C23H36O2/c1-25-23(24)21-17-12-10-8-6-4-2-3-5-7-9-11-14-18-22-19-15-13-16-20-22/h9,11,13,15-16,19-20H,2-8,10,12,14,17-18,21H2,1H3/b11-9+. The summed E-state index contributed by atoms with van der Waals surface area (Å²) in [6.45, 7) is 0. The highest BCUT2D eigenvalue weighted by molar-refractivity contribution is 5.68. The Bertz CT molecular complexity index is 450. The van der Waals surface area contributed by atoms with Crippen molar-refractivity contribution in [1.82, 2.24) is 0 Å². The molecule has 25 heavy (non-hydrogen) atoms. The van der Waals surface area contributed by atoms with E-state index in [1.54, 1.807) is 0 Å². The maximum atomic E-state index is 11.0. The lowest BCUT2D eigenvalue weighted by molar-refractivity contribution is -0.140. The number of methoxy groups -OCH3 is 1. The van der Waals surface area contributed by atoms with E-state index in [1.165, 1.54) is 64.0 Å². The maximum Gasteiger partial charge on any atom is 0.305 e. The van der Waals surface area contributed by atoms with Crippen LogP contribution in [0.5, 0.6) is 0 Å². The molecule has 1 aromatic rings. The topological polar surface area (TPSA) is 26.3 Å². The van der Waals surface area contributed by atoms with Crippen LogP contribution < -0.4 is 0 Å². The van der Waals surface area contributed by atoms with Gasteiger partial charge in [-0.2, -0.15) is 0 Å². The molecule has 0 saturated carbocycles. The fourth-order valence-corrected chi connectivity index (χ4v) is 3.00. The first kappa shape index (κ1) is 21.5. The predicted octanol–water partition coefficient (Wildman–Crippen LogP) is 6.64. The Balaban J connectivity index is 1.78. The second kappa shape index (κ2) is 15.9. The highest BCUT2D eigenvalue weighted by atomic mass is 16.5. The molecule has 2 nitrogen and oxygen atoms in total. The summed E-state index contributed by atoms with van der Waals surface area (Å²) >= 11 is 0. The lowest BCUT2D eigenvalue weighted by Crippen LogP contribution is -1.99. The SMILES string of the molecule is COC(=O)CCCCCCCCCCC/C=C/CCc1ccccc1. The zero-order valence-electron chi connectivity index (χ0n) is 16.1. The smallest absolute Gasteiger partial charge is 0.305 e. The van der Waals surface area contributed by atoms with Gasteiger partial charge in [0.2, 0.25) is 0 Å². The quantitative estimate of drug-likeness (QED) is 0.202. The van der Waals surface area contributed by atoms with Gasteiger partial charge in [-0.25, -0.2) is 0 Å². The van der Waals surface area contributed by atoms with Crippen molar-refractivity contribution in [2.24, 2.45) is 0 Å². The Hall–Kier alpha value is -1.57. The fraction of sp³-hybridized carbons (Fsp3) is 0.609. The molecule has 140 valence electrons. The fourth-order valence-electron chi connectivity index (χ4n) is 3.00. The summed E-state index contributed by atoms with van der Waals surface area (Å²) in [6.07, 6.45) is 20.2.